The van der Waals surface area contributed by atoms with Gasteiger partial charge < -0.3 is 9.64 Å². The molecule has 1 amide bonds. The van der Waals surface area contributed by atoms with Crippen molar-refractivity contribution in [2.75, 3.05) is 14.2 Å². The summed E-state index contributed by atoms with van der Waals surface area (Å²) in [6.45, 7) is 2.05. The summed E-state index contributed by atoms with van der Waals surface area (Å²) in [7, 11) is 3.51. The Labute approximate surface area is 137 Å². The highest BCUT2D eigenvalue weighted by Gasteiger charge is 2.19. The molecule has 0 saturated carbocycles. The number of likely N-dealkylation sites (N-methyl/N-ethyl adjacent to an activating group) is 1. The summed E-state index contributed by atoms with van der Waals surface area (Å²) >= 11 is 4.91. The Morgan fingerprint density at radius 1 is 1.43 bits per heavy atom. The Hall–Kier alpha value is -1.33. The van der Waals surface area contributed by atoms with Crippen molar-refractivity contribution in [1.82, 2.24) is 4.90 Å². The number of para-hydroxylation sites is 1. The fourth-order valence-corrected chi connectivity index (χ4v) is 3.28. The third-order valence-corrected chi connectivity index (χ3v) is 5.01. The maximum absolute atomic E-state index is 12.4. The molecule has 0 fully saturated rings. The highest BCUT2D eigenvalue weighted by Crippen LogP contribution is 2.24. The van der Waals surface area contributed by atoms with Crippen molar-refractivity contribution in [2.45, 2.75) is 19.4 Å². The minimum absolute atomic E-state index is 0.0411. The van der Waals surface area contributed by atoms with Gasteiger partial charge in [0, 0.05) is 18.5 Å². The fraction of sp³-hybridized carbons (Fsp3) is 0.312. The smallest absolute Gasteiger partial charge is 0.254 e. The first-order valence-electron chi connectivity index (χ1n) is 6.66. The van der Waals surface area contributed by atoms with Crippen LogP contribution >= 0.6 is 27.3 Å². The molecule has 112 valence electrons. The van der Waals surface area contributed by atoms with Crippen molar-refractivity contribution in [1.29, 1.82) is 0 Å². The van der Waals surface area contributed by atoms with Crippen LogP contribution in [-0.2, 0) is 6.42 Å². The molecule has 2 rings (SSSR count). The highest BCUT2D eigenvalue weighted by atomic mass is 79.9. The van der Waals surface area contributed by atoms with Gasteiger partial charge in [-0.15, -0.1) is 11.3 Å². The van der Waals surface area contributed by atoms with Crippen molar-refractivity contribution < 1.29 is 9.53 Å². The average molecular weight is 368 g/mol. The second kappa shape index (κ2) is 7.09. The van der Waals surface area contributed by atoms with E-state index in [2.05, 4.69) is 15.9 Å². The molecule has 21 heavy (non-hydrogen) atoms. The van der Waals surface area contributed by atoms with Gasteiger partial charge in [0.25, 0.3) is 5.91 Å². The van der Waals surface area contributed by atoms with E-state index in [1.165, 1.54) is 11.3 Å². The Morgan fingerprint density at radius 2 is 2.14 bits per heavy atom. The summed E-state index contributed by atoms with van der Waals surface area (Å²) in [5.74, 6) is 0.905. The van der Waals surface area contributed by atoms with Gasteiger partial charge in [-0.05, 0) is 47.0 Å². The maximum Gasteiger partial charge on any atom is 0.254 e. The zero-order valence-corrected chi connectivity index (χ0v) is 14.7. The van der Waals surface area contributed by atoms with Crippen LogP contribution in [0.1, 0.15) is 22.8 Å². The normalized spacial score (nSPS) is 12.0. The summed E-state index contributed by atoms with van der Waals surface area (Å²) in [5.41, 5.74) is 1.83. The first-order valence-corrected chi connectivity index (χ1v) is 8.33. The van der Waals surface area contributed by atoms with Crippen LogP contribution < -0.4 is 4.74 Å². The van der Waals surface area contributed by atoms with Gasteiger partial charge in [-0.1, -0.05) is 18.2 Å². The van der Waals surface area contributed by atoms with E-state index in [0.717, 1.165) is 27.1 Å². The molecular weight excluding hydrogens is 350 g/mol. The molecular formula is C16H18BrNO2S. The molecule has 0 bridgehead atoms. The quantitative estimate of drug-likeness (QED) is 0.791. The van der Waals surface area contributed by atoms with Crippen molar-refractivity contribution in [3.63, 3.8) is 0 Å². The summed E-state index contributed by atoms with van der Waals surface area (Å²) in [6, 6.07) is 9.87. The first kappa shape index (κ1) is 16.0. The van der Waals surface area contributed by atoms with Crippen LogP contribution in [0.15, 0.2) is 39.5 Å². The summed E-state index contributed by atoms with van der Waals surface area (Å²) in [5, 5.41) is 1.87. The monoisotopic (exact) mass is 367 g/mol. The van der Waals surface area contributed by atoms with Gasteiger partial charge in [0.05, 0.1) is 16.5 Å². The van der Waals surface area contributed by atoms with Gasteiger partial charge >= 0.3 is 0 Å². The third kappa shape index (κ3) is 3.86. The van der Waals surface area contributed by atoms with E-state index in [4.69, 9.17) is 4.74 Å². The molecule has 0 radical (unpaired) electrons. The fourth-order valence-electron chi connectivity index (χ4n) is 2.15. The minimum atomic E-state index is 0.0411. The van der Waals surface area contributed by atoms with Crippen LogP contribution in [0.25, 0.3) is 0 Å². The highest BCUT2D eigenvalue weighted by molar-refractivity contribution is 9.11. The van der Waals surface area contributed by atoms with E-state index in [-0.39, 0.29) is 11.9 Å². The number of amides is 1. The molecule has 0 N–H and O–H groups in total. The van der Waals surface area contributed by atoms with Crippen LogP contribution in [0.3, 0.4) is 0 Å². The van der Waals surface area contributed by atoms with Gasteiger partial charge in [-0.25, -0.2) is 0 Å². The van der Waals surface area contributed by atoms with Gasteiger partial charge in [0.1, 0.15) is 5.75 Å². The second-order valence-corrected chi connectivity index (χ2v) is 7.21. The molecule has 3 nitrogen and oxygen atoms in total. The molecule has 1 heterocycles. The zero-order valence-electron chi connectivity index (χ0n) is 12.3. The van der Waals surface area contributed by atoms with E-state index >= 15 is 0 Å². The largest absolute Gasteiger partial charge is 0.496 e. The maximum atomic E-state index is 12.4. The number of carbonyl (C=O) groups is 1. The number of thiophene rings is 1. The van der Waals surface area contributed by atoms with Crippen LogP contribution in [0.5, 0.6) is 5.75 Å². The predicted molar refractivity (Wildman–Crippen MR) is 90.3 cm³/mol. The van der Waals surface area contributed by atoms with E-state index < -0.39 is 0 Å². The van der Waals surface area contributed by atoms with E-state index in [9.17, 15) is 4.79 Å². The molecule has 1 aromatic heterocycles. The van der Waals surface area contributed by atoms with Crippen molar-refractivity contribution in [3.8, 4) is 5.75 Å². The molecule has 0 aliphatic rings. The Kier molecular flexibility index (Phi) is 5.42. The van der Waals surface area contributed by atoms with Crippen molar-refractivity contribution in [3.05, 3.63) is 50.6 Å². The van der Waals surface area contributed by atoms with Crippen molar-refractivity contribution in [2.24, 2.45) is 0 Å². The summed E-state index contributed by atoms with van der Waals surface area (Å²) in [4.78, 5) is 14.2. The molecule has 0 aliphatic carbocycles. The van der Waals surface area contributed by atoms with E-state index in [0.29, 0.717) is 0 Å². The summed E-state index contributed by atoms with van der Waals surface area (Å²) < 4.78 is 6.34. The Bertz CT molecular complexity index is 626. The number of halogens is 1. The van der Waals surface area contributed by atoms with Gasteiger partial charge in [-0.2, -0.15) is 0 Å². The molecule has 1 aromatic carbocycles. The number of hydrogen-bond donors (Lipinski definition) is 0. The summed E-state index contributed by atoms with van der Waals surface area (Å²) in [6.07, 6.45) is 0.761. The molecule has 0 saturated heterocycles. The minimum Gasteiger partial charge on any atom is -0.496 e. The zero-order chi connectivity index (χ0) is 15.4. The lowest BCUT2D eigenvalue weighted by Crippen LogP contribution is -2.36. The standard InChI is InChI=1S/C16H18BrNO2S/c1-11(8-12-6-4-5-7-14(12)20-3)18(2)16(19)13-9-15(17)21-10-13/h4-7,9-11H,8H2,1-3H3. The van der Waals surface area contributed by atoms with Crippen LogP contribution in [0.4, 0.5) is 0 Å². The number of carbonyl (C=O) groups excluding carboxylic acids is 1. The van der Waals surface area contributed by atoms with E-state index in [1.807, 2.05) is 49.7 Å². The van der Waals surface area contributed by atoms with Gasteiger partial charge in [-0.3, -0.25) is 4.79 Å². The SMILES string of the molecule is COc1ccccc1CC(C)N(C)C(=O)c1csc(Br)c1. The predicted octanol–water partition coefficient (Wildman–Crippen LogP) is 4.22. The number of rotatable bonds is 5. The van der Waals surface area contributed by atoms with Crippen molar-refractivity contribution >= 4 is 33.2 Å². The number of methoxy groups -OCH3 is 1. The molecule has 2 aromatic rings. The molecule has 5 heteroatoms. The Balaban J connectivity index is 2.09. The number of hydrogen-bond acceptors (Lipinski definition) is 3. The number of benzene rings is 1. The molecule has 1 unspecified atom stereocenters. The molecule has 0 aliphatic heterocycles. The molecule has 0 spiro atoms. The number of nitrogens with zero attached hydrogens (tertiary/aromatic N) is 1. The lowest BCUT2D eigenvalue weighted by Gasteiger charge is -2.25. The third-order valence-electron chi connectivity index (χ3n) is 3.50. The lowest BCUT2D eigenvalue weighted by molar-refractivity contribution is 0.0743. The van der Waals surface area contributed by atoms with Crippen LogP contribution in [0, 0.1) is 0 Å². The van der Waals surface area contributed by atoms with Crippen LogP contribution in [0.2, 0.25) is 0 Å². The lowest BCUT2D eigenvalue weighted by atomic mass is 10.0. The first-order chi connectivity index (χ1) is 10.0. The van der Waals surface area contributed by atoms with Gasteiger partial charge in [0.15, 0.2) is 0 Å². The Morgan fingerprint density at radius 3 is 2.76 bits per heavy atom. The van der Waals surface area contributed by atoms with E-state index in [1.54, 1.807) is 12.0 Å². The van der Waals surface area contributed by atoms with Crippen LogP contribution in [-0.4, -0.2) is 31.0 Å². The molecule has 1 atom stereocenters. The average Bonchev–Trinajstić information content (AvgIpc) is 2.92. The number of ether oxygens (including phenoxy) is 1. The van der Waals surface area contributed by atoms with Gasteiger partial charge in [0.2, 0.25) is 0 Å². The second-order valence-electron chi connectivity index (χ2n) is 4.92. The topological polar surface area (TPSA) is 29.5 Å².